The first-order valence-corrected chi connectivity index (χ1v) is 14.6. The van der Waals surface area contributed by atoms with Crippen molar-refractivity contribution in [2.24, 2.45) is 0 Å². The lowest BCUT2D eigenvalue weighted by atomic mass is 10.1. The van der Waals surface area contributed by atoms with E-state index < -0.39 is 6.09 Å². The Balaban J connectivity index is 1.09. The predicted octanol–water partition coefficient (Wildman–Crippen LogP) is 5.78. The van der Waals surface area contributed by atoms with Gasteiger partial charge in [-0.1, -0.05) is 34.8 Å². The molecule has 1 amide bonds. The van der Waals surface area contributed by atoms with Crippen molar-refractivity contribution in [3.63, 3.8) is 0 Å². The van der Waals surface area contributed by atoms with Crippen LogP contribution in [-0.4, -0.2) is 57.9 Å². The second-order valence-electron chi connectivity index (χ2n) is 9.96. The summed E-state index contributed by atoms with van der Waals surface area (Å²) < 4.78 is 23.2. The molecular formula is C29H36N6O4S. The molecule has 212 valence electrons. The Morgan fingerprint density at radius 2 is 2.10 bits per heavy atom. The van der Waals surface area contributed by atoms with Crippen molar-refractivity contribution in [1.82, 2.24) is 24.7 Å². The van der Waals surface area contributed by atoms with Crippen molar-refractivity contribution < 1.29 is 19.0 Å². The van der Waals surface area contributed by atoms with Crippen molar-refractivity contribution in [3.8, 4) is 10.4 Å². The zero-order valence-electron chi connectivity index (χ0n) is 22.8. The number of benzene rings is 2. The van der Waals surface area contributed by atoms with Gasteiger partial charge in [0.2, 0.25) is 0 Å². The fraction of sp³-hybridized carbons (Fsp3) is 0.448. The minimum absolute atomic E-state index is 0.0464. The first-order chi connectivity index (χ1) is 19.7. The molecule has 1 aliphatic heterocycles. The summed E-state index contributed by atoms with van der Waals surface area (Å²) in [6, 6.07) is 14.0. The third-order valence-corrected chi connectivity index (χ3v) is 7.47. The molecule has 2 atom stereocenters. The van der Waals surface area contributed by atoms with Gasteiger partial charge in [0.15, 0.2) is 6.23 Å². The highest BCUT2D eigenvalue weighted by atomic mass is 32.1. The van der Waals surface area contributed by atoms with E-state index in [9.17, 15) is 4.79 Å². The van der Waals surface area contributed by atoms with Gasteiger partial charge in [0.05, 0.1) is 29.4 Å². The third-order valence-electron chi connectivity index (χ3n) is 6.76. The molecule has 1 saturated heterocycles. The number of aromatic nitrogens is 4. The van der Waals surface area contributed by atoms with E-state index in [-0.39, 0.29) is 18.9 Å². The summed E-state index contributed by atoms with van der Waals surface area (Å²) in [5.41, 5.74) is 4.04. The molecule has 0 bridgehead atoms. The number of nitrogens with zero attached hydrogens (tertiary/aromatic N) is 4. The number of hydrogen-bond donors (Lipinski definition) is 2. The number of alkyl carbamates (subject to hydrolysis) is 1. The van der Waals surface area contributed by atoms with E-state index in [1.165, 1.54) is 11.5 Å². The van der Waals surface area contributed by atoms with Gasteiger partial charge in [0.1, 0.15) is 6.61 Å². The number of amides is 1. The SMILES string of the molecule is C[C@H](COCCCCNC(=O)OCc1ccccc1)Nc1cc(-c2cnns2)cc2c1cnn2C1CCCCO1. The zero-order chi connectivity index (χ0) is 27.6. The van der Waals surface area contributed by atoms with Crippen LogP contribution in [0.3, 0.4) is 0 Å². The molecule has 0 aliphatic carbocycles. The summed E-state index contributed by atoms with van der Waals surface area (Å²) >= 11 is 1.37. The van der Waals surface area contributed by atoms with Crippen molar-refractivity contribution >= 4 is 34.2 Å². The highest BCUT2D eigenvalue weighted by Gasteiger charge is 2.21. The van der Waals surface area contributed by atoms with E-state index in [4.69, 9.17) is 19.3 Å². The summed E-state index contributed by atoms with van der Waals surface area (Å²) in [5.74, 6) is 0. The molecule has 0 radical (unpaired) electrons. The quantitative estimate of drug-likeness (QED) is 0.197. The molecule has 1 fully saturated rings. The molecule has 2 N–H and O–H groups in total. The van der Waals surface area contributed by atoms with E-state index >= 15 is 0 Å². The van der Waals surface area contributed by atoms with Gasteiger partial charge in [-0.15, -0.1) is 5.10 Å². The minimum atomic E-state index is -0.399. The van der Waals surface area contributed by atoms with Crippen LogP contribution in [0.1, 0.15) is 50.8 Å². The molecular weight excluding hydrogens is 528 g/mol. The molecule has 1 unspecified atom stereocenters. The summed E-state index contributed by atoms with van der Waals surface area (Å²) in [4.78, 5) is 12.9. The van der Waals surface area contributed by atoms with Gasteiger partial charge in [-0.2, -0.15) is 5.10 Å². The maximum absolute atomic E-state index is 11.9. The molecule has 10 nitrogen and oxygen atoms in total. The van der Waals surface area contributed by atoms with Gasteiger partial charge >= 0.3 is 6.09 Å². The topological polar surface area (TPSA) is 112 Å². The van der Waals surface area contributed by atoms with Crippen molar-refractivity contribution in [1.29, 1.82) is 0 Å². The van der Waals surface area contributed by atoms with Gasteiger partial charge < -0.3 is 24.8 Å². The first-order valence-electron chi connectivity index (χ1n) is 13.9. The highest BCUT2D eigenvalue weighted by molar-refractivity contribution is 7.09. The standard InChI is InChI=1S/C29H36N6O4S/c1-21(19-37-13-8-6-12-30-29(36)39-20-22-9-3-2-4-10-22)33-25-15-23(27-18-31-34-40-27)16-26-24(25)17-32-35(26)28-11-5-7-14-38-28/h2-4,9-10,15-18,21,28,33H,5-8,11-14,19-20H2,1H3,(H,30,36)/t21-,28?/m1/s1. The Kier molecular flexibility index (Phi) is 9.94. The lowest BCUT2D eigenvalue weighted by Gasteiger charge is -2.24. The van der Waals surface area contributed by atoms with Crippen molar-refractivity contribution in [2.75, 3.05) is 31.7 Å². The number of rotatable bonds is 13. The van der Waals surface area contributed by atoms with Crippen LogP contribution in [-0.2, 0) is 20.8 Å². The molecule has 4 aromatic rings. The maximum atomic E-state index is 11.9. The number of carbonyl (C=O) groups excluding carboxylic acids is 1. The van der Waals surface area contributed by atoms with E-state index in [1.807, 2.05) is 41.2 Å². The Morgan fingerprint density at radius 3 is 2.90 bits per heavy atom. The van der Waals surface area contributed by atoms with Crippen LogP contribution >= 0.6 is 11.5 Å². The van der Waals surface area contributed by atoms with Crippen LogP contribution in [0.25, 0.3) is 21.3 Å². The molecule has 40 heavy (non-hydrogen) atoms. The first kappa shape index (κ1) is 28.0. The number of nitrogens with one attached hydrogen (secondary N) is 2. The molecule has 5 rings (SSSR count). The van der Waals surface area contributed by atoms with E-state index in [0.29, 0.717) is 19.8 Å². The van der Waals surface area contributed by atoms with E-state index in [0.717, 1.165) is 71.3 Å². The number of fused-ring (bicyclic) bond motifs is 1. The van der Waals surface area contributed by atoms with Gasteiger partial charge in [-0.3, -0.25) is 0 Å². The lowest BCUT2D eigenvalue weighted by Crippen LogP contribution is -2.25. The number of unbranched alkanes of at least 4 members (excludes halogenated alkanes) is 1. The zero-order valence-corrected chi connectivity index (χ0v) is 23.6. The summed E-state index contributed by atoms with van der Waals surface area (Å²) in [6.45, 7) is 4.86. The Labute approximate surface area is 238 Å². The number of anilines is 1. The van der Waals surface area contributed by atoms with Crippen LogP contribution in [0.4, 0.5) is 10.5 Å². The molecule has 2 aromatic heterocycles. The molecule has 0 spiro atoms. The third kappa shape index (κ3) is 7.56. The monoisotopic (exact) mass is 564 g/mol. The number of ether oxygens (including phenoxy) is 3. The van der Waals surface area contributed by atoms with Crippen molar-refractivity contribution in [2.45, 2.75) is 57.9 Å². The maximum Gasteiger partial charge on any atom is 0.407 e. The molecule has 1 aliphatic rings. The second kappa shape index (κ2) is 14.2. The predicted molar refractivity (Wildman–Crippen MR) is 155 cm³/mol. The van der Waals surface area contributed by atoms with Gasteiger partial charge in [0.25, 0.3) is 0 Å². The summed E-state index contributed by atoms with van der Waals surface area (Å²) in [5, 5.41) is 16.2. The average molecular weight is 565 g/mol. The minimum Gasteiger partial charge on any atom is -0.445 e. The number of hydrogen-bond acceptors (Lipinski definition) is 9. The largest absolute Gasteiger partial charge is 0.445 e. The fourth-order valence-corrected chi connectivity index (χ4v) is 5.21. The smallest absolute Gasteiger partial charge is 0.407 e. The number of carbonyl (C=O) groups is 1. The van der Waals surface area contributed by atoms with Crippen LogP contribution in [0.5, 0.6) is 0 Å². The van der Waals surface area contributed by atoms with E-state index in [2.05, 4.69) is 39.3 Å². The van der Waals surface area contributed by atoms with Crippen LogP contribution < -0.4 is 10.6 Å². The van der Waals surface area contributed by atoms with Crippen LogP contribution in [0, 0.1) is 0 Å². The van der Waals surface area contributed by atoms with Crippen LogP contribution in [0.2, 0.25) is 0 Å². The molecule has 3 heterocycles. The molecule has 0 saturated carbocycles. The summed E-state index contributed by atoms with van der Waals surface area (Å²) in [7, 11) is 0. The normalized spacial score (nSPS) is 16.1. The van der Waals surface area contributed by atoms with E-state index in [1.54, 1.807) is 6.20 Å². The molecule has 11 heteroatoms. The van der Waals surface area contributed by atoms with Gasteiger partial charge in [-0.25, -0.2) is 9.48 Å². The average Bonchev–Trinajstić information content (AvgIpc) is 3.67. The lowest BCUT2D eigenvalue weighted by molar-refractivity contribution is -0.0366. The van der Waals surface area contributed by atoms with Gasteiger partial charge in [-0.05, 0) is 73.8 Å². The summed E-state index contributed by atoms with van der Waals surface area (Å²) in [6.07, 6.45) is 8.11. The van der Waals surface area contributed by atoms with Crippen molar-refractivity contribution in [3.05, 3.63) is 60.4 Å². The van der Waals surface area contributed by atoms with Crippen LogP contribution in [0.15, 0.2) is 54.9 Å². The molecule has 2 aromatic carbocycles. The Hall–Kier alpha value is -3.54. The Morgan fingerprint density at radius 1 is 1.20 bits per heavy atom. The fourth-order valence-electron chi connectivity index (χ4n) is 4.71. The van der Waals surface area contributed by atoms with Gasteiger partial charge in [0, 0.05) is 36.9 Å². The highest BCUT2D eigenvalue weighted by Crippen LogP contribution is 2.35. The second-order valence-corrected chi connectivity index (χ2v) is 10.8. The Bertz CT molecular complexity index is 1340.